The van der Waals surface area contributed by atoms with Crippen LogP contribution >= 0.6 is 0 Å². The fourth-order valence-electron chi connectivity index (χ4n) is 1.84. The Balaban J connectivity index is 3.46. The maximum absolute atomic E-state index is 3.75. The number of nitrogens with one attached hydrogen (secondary N) is 1. The molecule has 0 aromatic carbocycles. The van der Waals surface area contributed by atoms with E-state index in [1.807, 2.05) is 6.08 Å². The minimum absolute atomic E-state index is 0.613. The van der Waals surface area contributed by atoms with Gasteiger partial charge in [0.15, 0.2) is 0 Å². The summed E-state index contributed by atoms with van der Waals surface area (Å²) in [4.78, 5) is 0. The van der Waals surface area contributed by atoms with Crippen LogP contribution in [0.4, 0.5) is 0 Å². The first-order valence-electron chi connectivity index (χ1n) is 6.92. The molecule has 0 amide bonds. The minimum Gasteiger partial charge on any atom is -0.314 e. The highest BCUT2D eigenvalue weighted by Gasteiger charge is 2.11. The highest BCUT2D eigenvalue weighted by Crippen LogP contribution is 2.18. The molecule has 1 N–H and O–H groups in total. The smallest absolute Gasteiger partial charge is 0.00104 e. The Morgan fingerprint density at radius 2 is 1.69 bits per heavy atom. The van der Waals surface area contributed by atoms with E-state index < -0.39 is 0 Å². The molecule has 0 rings (SSSR count). The third-order valence-electron chi connectivity index (χ3n) is 3.39. The zero-order valence-electron chi connectivity index (χ0n) is 11.8. The SMILES string of the molecule is C=CCCCCCC(C)C(C)CNC(C)C. The van der Waals surface area contributed by atoms with Crippen molar-refractivity contribution in [3.8, 4) is 0 Å². The summed E-state index contributed by atoms with van der Waals surface area (Å²) in [7, 11) is 0. The van der Waals surface area contributed by atoms with Gasteiger partial charge in [-0.25, -0.2) is 0 Å². The molecular weight excluding hydrogens is 194 g/mol. The topological polar surface area (TPSA) is 12.0 Å². The zero-order chi connectivity index (χ0) is 12.4. The normalized spacial score (nSPS) is 15.1. The van der Waals surface area contributed by atoms with E-state index >= 15 is 0 Å². The van der Waals surface area contributed by atoms with Crippen molar-refractivity contribution in [3.63, 3.8) is 0 Å². The summed E-state index contributed by atoms with van der Waals surface area (Å²) < 4.78 is 0. The Labute approximate surface area is 103 Å². The third kappa shape index (κ3) is 8.96. The van der Waals surface area contributed by atoms with Gasteiger partial charge in [0.2, 0.25) is 0 Å². The lowest BCUT2D eigenvalue weighted by Crippen LogP contribution is -2.30. The van der Waals surface area contributed by atoms with Crippen LogP contribution in [0, 0.1) is 11.8 Å². The largest absolute Gasteiger partial charge is 0.314 e. The number of hydrogen-bond donors (Lipinski definition) is 1. The summed E-state index contributed by atoms with van der Waals surface area (Å²) in [6.45, 7) is 14.1. The van der Waals surface area contributed by atoms with Crippen LogP contribution in [-0.2, 0) is 0 Å². The number of rotatable bonds is 10. The van der Waals surface area contributed by atoms with Gasteiger partial charge < -0.3 is 5.32 Å². The molecule has 1 nitrogen and oxygen atoms in total. The molecule has 0 fully saturated rings. The second-order valence-corrected chi connectivity index (χ2v) is 5.44. The van der Waals surface area contributed by atoms with Gasteiger partial charge in [0.1, 0.15) is 0 Å². The van der Waals surface area contributed by atoms with Gasteiger partial charge in [0.05, 0.1) is 0 Å². The predicted molar refractivity (Wildman–Crippen MR) is 74.7 cm³/mol. The van der Waals surface area contributed by atoms with Crippen LogP contribution in [0.25, 0.3) is 0 Å². The third-order valence-corrected chi connectivity index (χ3v) is 3.39. The second-order valence-electron chi connectivity index (χ2n) is 5.44. The molecule has 0 bridgehead atoms. The van der Waals surface area contributed by atoms with E-state index in [1.165, 1.54) is 32.1 Å². The molecule has 0 saturated carbocycles. The van der Waals surface area contributed by atoms with Gasteiger partial charge in [-0.2, -0.15) is 0 Å². The van der Waals surface area contributed by atoms with Crippen molar-refractivity contribution in [1.82, 2.24) is 5.32 Å². The summed E-state index contributed by atoms with van der Waals surface area (Å²) in [6, 6.07) is 0.613. The van der Waals surface area contributed by atoms with E-state index in [0.717, 1.165) is 18.4 Å². The molecule has 0 aliphatic carbocycles. The highest BCUT2D eigenvalue weighted by molar-refractivity contribution is 4.68. The molecular formula is C15H31N. The van der Waals surface area contributed by atoms with Crippen LogP contribution in [0.3, 0.4) is 0 Å². The first-order chi connectivity index (χ1) is 7.57. The lowest BCUT2D eigenvalue weighted by Gasteiger charge is -2.21. The molecule has 0 spiro atoms. The van der Waals surface area contributed by atoms with Gasteiger partial charge in [-0.15, -0.1) is 6.58 Å². The summed E-state index contributed by atoms with van der Waals surface area (Å²) in [5.74, 6) is 1.64. The Morgan fingerprint density at radius 3 is 2.25 bits per heavy atom. The Kier molecular flexibility index (Phi) is 9.71. The van der Waals surface area contributed by atoms with E-state index in [1.54, 1.807) is 0 Å². The van der Waals surface area contributed by atoms with E-state index in [9.17, 15) is 0 Å². The quantitative estimate of drug-likeness (QED) is 0.429. The molecule has 1 heteroatoms. The number of allylic oxidation sites excluding steroid dienone is 1. The molecule has 0 aliphatic rings. The number of hydrogen-bond acceptors (Lipinski definition) is 1. The van der Waals surface area contributed by atoms with Gasteiger partial charge in [0, 0.05) is 6.04 Å². The molecule has 0 aromatic heterocycles. The standard InChI is InChI=1S/C15H31N/c1-6-7-8-9-10-11-14(4)15(5)12-16-13(2)3/h6,13-16H,1,7-12H2,2-5H3. The summed E-state index contributed by atoms with van der Waals surface area (Å²) in [6.07, 6.45) is 8.63. The van der Waals surface area contributed by atoms with Gasteiger partial charge in [0.25, 0.3) is 0 Å². The van der Waals surface area contributed by atoms with E-state index in [4.69, 9.17) is 0 Å². The Bertz CT molecular complexity index is 163. The molecule has 0 saturated heterocycles. The maximum Gasteiger partial charge on any atom is 0.00104 e. The van der Waals surface area contributed by atoms with Crippen molar-refractivity contribution in [2.45, 2.75) is 65.8 Å². The lowest BCUT2D eigenvalue weighted by atomic mass is 9.90. The van der Waals surface area contributed by atoms with Crippen molar-refractivity contribution < 1.29 is 0 Å². The Morgan fingerprint density at radius 1 is 1.00 bits per heavy atom. The van der Waals surface area contributed by atoms with Gasteiger partial charge in [-0.1, -0.05) is 53.0 Å². The fraction of sp³-hybridized carbons (Fsp3) is 0.867. The fourth-order valence-corrected chi connectivity index (χ4v) is 1.84. The van der Waals surface area contributed by atoms with Crippen LogP contribution < -0.4 is 5.32 Å². The first-order valence-corrected chi connectivity index (χ1v) is 6.92. The first kappa shape index (κ1) is 15.7. The van der Waals surface area contributed by atoms with Crippen molar-refractivity contribution in [2.24, 2.45) is 11.8 Å². The molecule has 0 aromatic rings. The molecule has 96 valence electrons. The van der Waals surface area contributed by atoms with Crippen molar-refractivity contribution in [1.29, 1.82) is 0 Å². The predicted octanol–water partition coefficient (Wildman–Crippen LogP) is 4.39. The summed E-state index contributed by atoms with van der Waals surface area (Å²) >= 11 is 0. The van der Waals surface area contributed by atoms with Crippen LogP contribution in [0.15, 0.2) is 12.7 Å². The second kappa shape index (κ2) is 9.89. The molecule has 16 heavy (non-hydrogen) atoms. The van der Waals surface area contributed by atoms with Crippen molar-refractivity contribution in [2.75, 3.05) is 6.54 Å². The van der Waals surface area contributed by atoms with E-state index in [0.29, 0.717) is 6.04 Å². The van der Waals surface area contributed by atoms with E-state index in [-0.39, 0.29) is 0 Å². The summed E-state index contributed by atoms with van der Waals surface area (Å²) in [5, 5.41) is 3.52. The lowest BCUT2D eigenvalue weighted by molar-refractivity contribution is 0.329. The van der Waals surface area contributed by atoms with Crippen molar-refractivity contribution >= 4 is 0 Å². The van der Waals surface area contributed by atoms with Gasteiger partial charge in [-0.3, -0.25) is 0 Å². The van der Waals surface area contributed by atoms with Gasteiger partial charge in [-0.05, 0) is 31.2 Å². The average molecular weight is 225 g/mol. The van der Waals surface area contributed by atoms with Crippen LogP contribution in [0.5, 0.6) is 0 Å². The van der Waals surface area contributed by atoms with E-state index in [2.05, 4.69) is 39.6 Å². The molecule has 2 unspecified atom stereocenters. The van der Waals surface area contributed by atoms with Crippen LogP contribution in [-0.4, -0.2) is 12.6 Å². The maximum atomic E-state index is 3.75. The van der Waals surface area contributed by atoms with Crippen LogP contribution in [0.1, 0.15) is 59.8 Å². The minimum atomic E-state index is 0.613. The van der Waals surface area contributed by atoms with Crippen LogP contribution in [0.2, 0.25) is 0 Å². The monoisotopic (exact) mass is 225 g/mol. The number of unbranched alkanes of at least 4 members (excludes halogenated alkanes) is 3. The molecule has 0 aliphatic heterocycles. The molecule has 0 radical (unpaired) electrons. The zero-order valence-corrected chi connectivity index (χ0v) is 11.8. The Hall–Kier alpha value is -0.300. The highest BCUT2D eigenvalue weighted by atomic mass is 14.9. The molecule has 2 atom stereocenters. The molecule has 0 heterocycles. The average Bonchev–Trinajstić information content (AvgIpc) is 2.25. The van der Waals surface area contributed by atoms with Crippen molar-refractivity contribution in [3.05, 3.63) is 12.7 Å². The summed E-state index contributed by atoms with van der Waals surface area (Å²) in [5.41, 5.74) is 0. The van der Waals surface area contributed by atoms with Gasteiger partial charge >= 0.3 is 0 Å².